The van der Waals surface area contributed by atoms with E-state index in [4.69, 9.17) is 25.8 Å². The first-order chi connectivity index (χ1) is 19.1. The number of hydrogen-bond donors (Lipinski definition) is 1. The summed E-state index contributed by atoms with van der Waals surface area (Å²) in [5.41, 5.74) is 3.70. The van der Waals surface area contributed by atoms with Crippen LogP contribution in [0.4, 0.5) is 0 Å². The maximum absolute atomic E-state index is 12.8. The summed E-state index contributed by atoms with van der Waals surface area (Å²) in [5.74, 6) is 1.19. The molecule has 0 saturated carbocycles. The number of ether oxygens (including phenoxy) is 3. The fourth-order valence-electron chi connectivity index (χ4n) is 4.33. The molecule has 40 heavy (non-hydrogen) atoms. The fraction of sp³-hybridized carbons (Fsp3) is 0.355. The van der Waals surface area contributed by atoms with Gasteiger partial charge < -0.3 is 19.5 Å². The predicted molar refractivity (Wildman–Crippen MR) is 157 cm³/mol. The van der Waals surface area contributed by atoms with Gasteiger partial charge in [0, 0.05) is 60.8 Å². The number of methoxy groups -OCH3 is 1. The Labute approximate surface area is 239 Å². The van der Waals surface area contributed by atoms with Crippen molar-refractivity contribution in [3.05, 3.63) is 70.4 Å². The summed E-state index contributed by atoms with van der Waals surface area (Å²) in [7, 11) is 3.14. The standard InChI is InChI=1S/C31H34ClN3O5/c1-31(2,3)29-13-19(18-35-29)12-21(36)14-20-6-7-22(15-25(20)32)40-27-8-9-34-26-17-28(39-11-10-38-5)24(16-23(26)27)30(37)33-4/h6-9,13,15-17H,10-12,14,18H2,1-5H3,(H,33,37). The number of ketones is 1. The van der Waals surface area contributed by atoms with E-state index in [9.17, 15) is 9.59 Å². The highest BCUT2D eigenvalue weighted by atomic mass is 35.5. The lowest BCUT2D eigenvalue weighted by molar-refractivity contribution is -0.117. The van der Waals surface area contributed by atoms with Gasteiger partial charge in [-0.25, -0.2) is 0 Å². The fourth-order valence-corrected chi connectivity index (χ4v) is 4.56. The third-order valence-corrected chi connectivity index (χ3v) is 6.80. The molecular formula is C31H34ClN3O5. The first kappa shape index (κ1) is 29.2. The topological polar surface area (TPSA) is 99.1 Å². The van der Waals surface area contributed by atoms with Crippen LogP contribution in [0.5, 0.6) is 17.2 Å². The Morgan fingerprint density at radius 3 is 2.52 bits per heavy atom. The van der Waals surface area contributed by atoms with Gasteiger partial charge in [-0.15, -0.1) is 0 Å². The van der Waals surface area contributed by atoms with Crippen LogP contribution in [0.15, 0.2) is 59.2 Å². The molecule has 0 aliphatic carbocycles. The number of amides is 1. The second-order valence-corrected chi connectivity index (χ2v) is 11.0. The first-order valence-corrected chi connectivity index (χ1v) is 13.5. The molecule has 1 N–H and O–H groups in total. The first-order valence-electron chi connectivity index (χ1n) is 13.1. The summed E-state index contributed by atoms with van der Waals surface area (Å²) in [6.45, 7) is 7.58. The van der Waals surface area contributed by atoms with Crippen molar-refractivity contribution >= 4 is 39.9 Å². The largest absolute Gasteiger partial charge is 0.490 e. The van der Waals surface area contributed by atoms with Crippen LogP contribution in [0.1, 0.15) is 43.1 Å². The van der Waals surface area contributed by atoms with E-state index >= 15 is 0 Å². The van der Waals surface area contributed by atoms with Crippen molar-refractivity contribution < 1.29 is 23.8 Å². The van der Waals surface area contributed by atoms with Gasteiger partial charge in [-0.2, -0.15) is 0 Å². The number of nitrogens with one attached hydrogen (secondary N) is 1. The molecule has 1 amide bonds. The minimum atomic E-state index is -0.296. The SMILES string of the molecule is CNC(=O)c1cc2c(Oc3ccc(CC(=O)CC4=CC(C(C)(C)C)=NC4)c(Cl)c3)ccnc2cc1OCCOC. The van der Waals surface area contributed by atoms with Gasteiger partial charge in [0.05, 0.1) is 24.2 Å². The van der Waals surface area contributed by atoms with Crippen molar-refractivity contribution in [1.82, 2.24) is 10.3 Å². The third-order valence-electron chi connectivity index (χ3n) is 6.45. The Hall–Kier alpha value is -3.75. The molecule has 2 aromatic carbocycles. The molecule has 0 spiro atoms. The van der Waals surface area contributed by atoms with Crippen LogP contribution >= 0.6 is 11.6 Å². The van der Waals surface area contributed by atoms with E-state index in [1.807, 2.05) is 6.08 Å². The number of halogens is 1. The number of Topliss-reactive ketones (excluding diaryl/α,β-unsaturated/α-hetero) is 1. The number of hydrogen-bond acceptors (Lipinski definition) is 7. The van der Waals surface area contributed by atoms with Crippen molar-refractivity contribution in [1.29, 1.82) is 0 Å². The lowest BCUT2D eigenvalue weighted by atomic mass is 9.89. The summed E-state index contributed by atoms with van der Waals surface area (Å²) >= 11 is 6.56. The number of nitrogens with zero attached hydrogens (tertiary/aromatic N) is 2. The number of aliphatic imine (C=N–C) groups is 1. The lowest BCUT2D eigenvalue weighted by Crippen LogP contribution is -2.19. The van der Waals surface area contributed by atoms with Crippen LogP contribution in [-0.4, -0.2) is 56.3 Å². The Kier molecular flexibility index (Phi) is 9.22. The Bertz CT molecular complexity index is 1490. The quantitative estimate of drug-likeness (QED) is 0.287. The minimum absolute atomic E-state index is 0.0335. The normalized spacial score (nSPS) is 13.2. The molecule has 0 bridgehead atoms. The van der Waals surface area contributed by atoms with Gasteiger partial charge in [-0.3, -0.25) is 19.6 Å². The van der Waals surface area contributed by atoms with Gasteiger partial charge in [-0.1, -0.05) is 38.4 Å². The van der Waals surface area contributed by atoms with Gasteiger partial charge in [-0.05, 0) is 41.5 Å². The van der Waals surface area contributed by atoms with E-state index < -0.39 is 0 Å². The highest BCUT2D eigenvalue weighted by Gasteiger charge is 2.22. The van der Waals surface area contributed by atoms with Gasteiger partial charge in [0.15, 0.2) is 0 Å². The number of benzene rings is 2. The van der Waals surface area contributed by atoms with Crippen LogP contribution in [0, 0.1) is 5.41 Å². The zero-order valence-electron chi connectivity index (χ0n) is 23.5. The molecule has 3 aromatic rings. The monoisotopic (exact) mass is 563 g/mol. The zero-order valence-corrected chi connectivity index (χ0v) is 24.2. The number of fused-ring (bicyclic) bond motifs is 1. The molecule has 0 saturated heterocycles. The molecule has 0 unspecified atom stereocenters. The molecule has 8 nitrogen and oxygen atoms in total. The van der Waals surface area contributed by atoms with Crippen LogP contribution < -0.4 is 14.8 Å². The van der Waals surface area contributed by atoms with Gasteiger partial charge in [0.25, 0.3) is 5.91 Å². The van der Waals surface area contributed by atoms with Gasteiger partial charge in [0.1, 0.15) is 29.6 Å². The van der Waals surface area contributed by atoms with E-state index in [0.717, 1.165) is 16.8 Å². The maximum atomic E-state index is 12.8. The molecule has 9 heteroatoms. The van der Waals surface area contributed by atoms with Crippen molar-refractivity contribution in [2.45, 2.75) is 33.6 Å². The van der Waals surface area contributed by atoms with Crippen molar-refractivity contribution in [2.75, 3.05) is 33.9 Å². The highest BCUT2D eigenvalue weighted by molar-refractivity contribution is 6.31. The van der Waals surface area contributed by atoms with Crippen LogP contribution in [0.2, 0.25) is 5.02 Å². The van der Waals surface area contributed by atoms with E-state index in [2.05, 4.69) is 36.1 Å². The smallest absolute Gasteiger partial charge is 0.254 e. The molecular weight excluding hydrogens is 530 g/mol. The molecule has 210 valence electrons. The molecule has 4 rings (SSSR count). The number of carbonyl (C=O) groups is 2. The van der Waals surface area contributed by atoms with Gasteiger partial charge in [0.2, 0.25) is 0 Å². The second kappa shape index (κ2) is 12.6. The zero-order chi connectivity index (χ0) is 28.9. The van der Waals surface area contributed by atoms with Crippen molar-refractivity contribution in [3.8, 4) is 17.2 Å². The molecule has 0 fully saturated rings. The second-order valence-electron chi connectivity index (χ2n) is 10.6. The van der Waals surface area contributed by atoms with Gasteiger partial charge >= 0.3 is 0 Å². The molecule has 1 aliphatic rings. The number of allylic oxidation sites excluding steroid dienone is 1. The third kappa shape index (κ3) is 7.06. The summed E-state index contributed by atoms with van der Waals surface area (Å²) < 4.78 is 17.0. The predicted octanol–water partition coefficient (Wildman–Crippen LogP) is 5.99. The van der Waals surface area contributed by atoms with Crippen LogP contribution in [0.25, 0.3) is 10.9 Å². The Morgan fingerprint density at radius 2 is 1.85 bits per heavy atom. The molecule has 1 aliphatic heterocycles. The summed E-state index contributed by atoms with van der Waals surface area (Å²) in [4.78, 5) is 34.4. The van der Waals surface area contributed by atoms with Crippen LogP contribution in [0.3, 0.4) is 0 Å². The maximum Gasteiger partial charge on any atom is 0.254 e. The summed E-state index contributed by atoms with van der Waals surface area (Å²) in [5, 5.41) is 3.72. The van der Waals surface area contributed by atoms with Crippen molar-refractivity contribution in [3.63, 3.8) is 0 Å². The van der Waals surface area contributed by atoms with Crippen molar-refractivity contribution in [2.24, 2.45) is 10.4 Å². The number of rotatable bonds is 11. The van der Waals surface area contributed by atoms with E-state index in [-0.39, 0.29) is 23.5 Å². The number of carbonyl (C=O) groups excluding carboxylic acids is 2. The minimum Gasteiger partial charge on any atom is -0.490 e. The lowest BCUT2D eigenvalue weighted by Gasteiger charge is -2.16. The highest BCUT2D eigenvalue weighted by Crippen LogP contribution is 2.35. The molecule has 0 atom stereocenters. The molecule has 0 radical (unpaired) electrons. The summed E-state index contributed by atoms with van der Waals surface area (Å²) in [6.07, 6.45) is 4.24. The van der Waals surface area contributed by atoms with Crippen LogP contribution in [-0.2, 0) is 16.0 Å². The van der Waals surface area contributed by atoms with E-state index in [1.165, 1.54) is 0 Å². The average Bonchev–Trinajstić information content (AvgIpc) is 3.39. The van der Waals surface area contributed by atoms with E-state index in [0.29, 0.717) is 64.9 Å². The summed E-state index contributed by atoms with van der Waals surface area (Å²) in [6, 6.07) is 10.4. The average molecular weight is 564 g/mol. The number of pyridine rings is 1. The Balaban J connectivity index is 1.50. The Morgan fingerprint density at radius 1 is 1.05 bits per heavy atom. The number of aromatic nitrogens is 1. The van der Waals surface area contributed by atoms with E-state index in [1.54, 1.807) is 56.8 Å². The molecule has 1 aromatic heterocycles. The molecule has 2 heterocycles.